The van der Waals surface area contributed by atoms with Gasteiger partial charge in [0.2, 0.25) is 5.91 Å². The van der Waals surface area contributed by atoms with Gasteiger partial charge in [0, 0.05) is 13.1 Å². The topological polar surface area (TPSA) is 69.6 Å². The molecule has 2 atom stereocenters. The Morgan fingerprint density at radius 2 is 2.16 bits per heavy atom. The van der Waals surface area contributed by atoms with Crippen LogP contribution in [0.2, 0.25) is 0 Å². The molecule has 0 bridgehead atoms. The van der Waals surface area contributed by atoms with E-state index in [1.807, 2.05) is 11.8 Å². The molecule has 0 spiro atoms. The summed E-state index contributed by atoms with van der Waals surface area (Å²) >= 11 is 0. The molecular weight excluding hydrogens is 244 g/mol. The summed E-state index contributed by atoms with van der Waals surface area (Å²) in [5, 5.41) is 12.1. The molecule has 1 rings (SSSR count). The maximum atomic E-state index is 12.0. The molecule has 0 aromatic carbocycles. The number of hydrogen-bond acceptors (Lipinski definition) is 3. The molecule has 2 N–H and O–H groups in total. The normalized spacial score (nSPS) is 21.9. The van der Waals surface area contributed by atoms with Crippen LogP contribution in [0.25, 0.3) is 0 Å². The van der Waals surface area contributed by atoms with Gasteiger partial charge < -0.3 is 10.4 Å². The lowest BCUT2D eigenvalue weighted by Crippen LogP contribution is -2.49. The minimum atomic E-state index is -0.783. The molecule has 19 heavy (non-hydrogen) atoms. The van der Waals surface area contributed by atoms with Crippen molar-refractivity contribution in [3.8, 4) is 0 Å². The lowest BCUT2D eigenvalue weighted by atomic mass is 9.95. The third kappa shape index (κ3) is 4.82. The van der Waals surface area contributed by atoms with E-state index in [4.69, 9.17) is 0 Å². The maximum absolute atomic E-state index is 12.0. The molecule has 0 saturated carbocycles. The molecular formula is C14H26N2O3. The summed E-state index contributed by atoms with van der Waals surface area (Å²) < 4.78 is 0. The monoisotopic (exact) mass is 270 g/mol. The summed E-state index contributed by atoms with van der Waals surface area (Å²) in [7, 11) is 0. The zero-order chi connectivity index (χ0) is 14.3. The predicted octanol–water partition coefficient (Wildman–Crippen LogP) is 1.48. The van der Waals surface area contributed by atoms with E-state index in [0.29, 0.717) is 13.0 Å². The number of carbonyl (C=O) groups is 2. The van der Waals surface area contributed by atoms with Crippen molar-refractivity contribution < 1.29 is 14.7 Å². The second kappa shape index (κ2) is 8.15. The largest absolute Gasteiger partial charge is 0.480 e. The lowest BCUT2D eigenvalue weighted by molar-refractivity contribution is -0.145. The van der Waals surface area contributed by atoms with Crippen molar-refractivity contribution in [1.29, 1.82) is 0 Å². The number of nitrogens with one attached hydrogen (secondary N) is 1. The first-order chi connectivity index (χ1) is 9.10. The molecule has 1 amide bonds. The Hall–Kier alpha value is -1.10. The first-order valence-corrected chi connectivity index (χ1v) is 7.34. The van der Waals surface area contributed by atoms with Gasteiger partial charge in [-0.2, -0.15) is 0 Å². The standard InChI is InChI=1S/C14H26N2O3/c1-3-5-8-15-13(17)11-7-6-9-16(10-11)12(4-2)14(18)19/h11-12H,3-10H2,1-2H3,(H,15,17)(H,18,19). The van der Waals surface area contributed by atoms with E-state index in [1.54, 1.807) is 0 Å². The lowest BCUT2D eigenvalue weighted by Gasteiger charge is -2.35. The summed E-state index contributed by atoms with van der Waals surface area (Å²) in [5.41, 5.74) is 0. The Bertz CT molecular complexity index is 307. The molecule has 5 nitrogen and oxygen atoms in total. The first-order valence-electron chi connectivity index (χ1n) is 7.34. The second-order valence-electron chi connectivity index (χ2n) is 5.24. The minimum Gasteiger partial charge on any atom is -0.480 e. The third-order valence-corrected chi connectivity index (χ3v) is 3.77. The van der Waals surface area contributed by atoms with Crippen molar-refractivity contribution in [2.45, 2.75) is 52.0 Å². The van der Waals surface area contributed by atoms with Gasteiger partial charge in [0.25, 0.3) is 0 Å². The van der Waals surface area contributed by atoms with E-state index in [1.165, 1.54) is 0 Å². The molecule has 0 radical (unpaired) electrons. The van der Waals surface area contributed by atoms with E-state index in [0.717, 1.165) is 38.8 Å². The second-order valence-corrected chi connectivity index (χ2v) is 5.24. The Labute approximate surface area is 115 Å². The number of likely N-dealkylation sites (tertiary alicyclic amines) is 1. The molecule has 1 fully saturated rings. The minimum absolute atomic E-state index is 0.0565. The number of carbonyl (C=O) groups excluding carboxylic acids is 1. The zero-order valence-corrected chi connectivity index (χ0v) is 12.0. The molecule has 0 aliphatic carbocycles. The van der Waals surface area contributed by atoms with Crippen LogP contribution in [0.4, 0.5) is 0 Å². The van der Waals surface area contributed by atoms with Crippen LogP contribution in [0.3, 0.4) is 0 Å². The van der Waals surface area contributed by atoms with Crippen molar-refractivity contribution in [2.24, 2.45) is 5.92 Å². The number of hydrogen-bond donors (Lipinski definition) is 2. The van der Waals surface area contributed by atoms with Crippen LogP contribution in [0.1, 0.15) is 46.0 Å². The highest BCUT2D eigenvalue weighted by molar-refractivity contribution is 5.79. The quantitative estimate of drug-likeness (QED) is 0.687. The van der Waals surface area contributed by atoms with Crippen molar-refractivity contribution in [1.82, 2.24) is 10.2 Å². The number of aliphatic carboxylic acids is 1. The van der Waals surface area contributed by atoms with Crippen molar-refractivity contribution >= 4 is 11.9 Å². The first kappa shape index (κ1) is 16.0. The zero-order valence-electron chi connectivity index (χ0n) is 12.0. The highest BCUT2D eigenvalue weighted by atomic mass is 16.4. The summed E-state index contributed by atoms with van der Waals surface area (Å²) in [5.74, 6) is -0.757. The average molecular weight is 270 g/mol. The Morgan fingerprint density at radius 3 is 2.74 bits per heavy atom. The number of piperidine rings is 1. The maximum Gasteiger partial charge on any atom is 0.320 e. The fourth-order valence-electron chi connectivity index (χ4n) is 2.63. The van der Waals surface area contributed by atoms with Gasteiger partial charge >= 0.3 is 5.97 Å². The SMILES string of the molecule is CCCCNC(=O)C1CCCN(C(CC)C(=O)O)C1. The van der Waals surface area contributed by atoms with Crippen LogP contribution in [-0.4, -0.2) is 47.6 Å². The summed E-state index contributed by atoms with van der Waals surface area (Å²) in [4.78, 5) is 25.1. The summed E-state index contributed by atoms with van der Waals surface area (Å²) in [6.07, 6.45) is 4.41. The van der Waals surface area contributed by atoms with E-state index in [9.17, 15) is 14.7 Å². The van der Waals surface area contributed by atoms with Gasteiger partial charge in [-0.25, -0.2) is 0 Å². The number of carboxylic acids is 1. The fourth-order valence-corrected chi connectivity index (χ4v) is 2.63. The van der Waals surface area contributed by atoms with E-state index in [2.05, 4.69) is 12.2 Å². The van der Waals surface area contributed by atoms with Crippen LogP contribution >= 0.6 is 0 Å². The van der Waals surface area contributed by atoms with Crippen molar-refractivity contribution in [2.75, 3.05) is 19.6 Å². The van der Waals surface area contributed by atoms with Gasteiger partial charge in [-0.3, -0.25) is 14.5 Å². The van der Waals surface area contributed by atoms with Crippen molar-refractivity contribution in [3.05, 3.63) is 0 Å². The number of carboxylic acid groups (broad SMARTS) is 1. The molecule has 2 unspecified atom stereocenters. The summed E-state index contributed by atoms with van der Waals surface area (Å²) in [6.45, 7) is 6.05. The van der Waals surface area contributed by atoms with Gasteiger partial charge in [-0.1, -0.05) is 20.3 Å². The fraction of sp³-hybridized carbons (Fsp3) is 0.857. The highest BCUT2D eigenvalue weighted by Crippen LogP contribution is 2.20. The number of rotatable bonds is 7. The van der Waals surface area contributed by atoms with E-state index < -0.39 is 12.0 Å². The van der Waals surface area contributed by atoms with Crippen molar-refractivity contribution in [3.63, 3.8) is 0 Å². The van der Waals surface area contributed by atoms with Gasteiger partial charge in [0.15, 0.2) is 0 Å². The number of nitrogens with zero attached hydrogens (tertiary/aromatic N) is 1. The molecule has 0 aromatic heterocycles. The van der Waals surface area contributed by atoms with Gasteiger partial charge in [0.05, 0.1) is 5.92 Å². The number of unbranched alkanes of at least 4 members (excludes halogenated alkanes) is 1. The number of amides is 1. The molecule has 1 aliphatic heterocycles. The van der Waals surface area contributed by atoms with Crippen LogP contribution in [0.15, 0.2) is 0 Å². The van der Waals surface area contributed by atoms with Crippen LogP contribution in [0.5, 0.6) is 0 Å². The van der Waals surface area contributed by atoms with Gasteiger partial charge in [-0.15, -0.1) is 0 Å². The van der Waals surface area contributed by atoms with E-state index in [-0.39, 0.29) is 11.8 Å². The van der Waals surface area contributed by atoms with Gasteiger partial charge in [-0.05, 0) is 32.2 Å². The molecule has 1 heterocycles. The molecule has 5 heteroatoms. The Morgan fingerprint density at radius 1 is 1.42 bits per heavy atom. The molecule has 1 aliphatic rings. The van der Waals surface area contributed by atoms with Crippen LogP contribution in [0, 0.1) is 5.92 Å². The smallest absolute Gasteiger partial charge is 0.320 e. The summed E-state index contributed by atoms with van der Waals surface area (Å²) in [6, 6.07) is -0.453. The Balaban J connectivity index is 2.49. The highest BCUT2D eigenvalue weighted by Gasteiger charge is 2.31. The predicted molar refractivity (Wildman–Crippen MR) is 73.9 cm³/mol. The van der Waals surface area contributed by atoms with Gasteiger partial charge in [0.1, 0.15) is 6.04 Å². The Kier molecular flexibility index (Phi) is 6.84. The van der Waals surface area contributed by atoms with E-state index >= 15 is 0 Å². The average Bonchev–Trinajstić information content (AvgIpc) is 2.39. The van der Waals surface area contributed by atoms with Crippen LogP contribution in [-0.2, 0) is 9.59 Å². The molecule has 0 aromatic rings. The van der Waals surface area contributed by atoms with Crippen LogP contribution < -0.4 is 5.32 Å². The molecule has 110 valence electrons. The third-order valence-electron chi connectivity index (χ3n) is 3.77. The molecule has 1 saturated heterocycles.